The van der Waals surface area contributed by atoms with Crippen LogP contribution >= 0.6 is 0 Å². The lowest BCUT2D eigenvalue weighted by Crippen LogP contribution is -2.39. The van der Waals surface area contributed by atoms with Gasteiger partial charge in [0.1, 0.15) is 12.1 Å². The summed E-state index contributed by atoms with van der Waals surface area (Å²) in [5.74, 6) is -0.725. The zero-order valence-corrected chi connectivity index (χ0v) is 11.8. The zero-order chi connectivity index (χ0) is 14.8. The van der Waals surface area contributed by atoms with Crippen molar-refractivity contribution in [1.82, 2.24) is 9.88 Å². The third kappa shape index (κ3) is 2.79. The minimum atomic E-state index is -0.554. The minimum absolute atomic E-state index is 0.0590. The normalized spacial score (nSPS) is 16.2. The van der Waals surface area contributed by atoms with Gasteiger partial charge in [0.05, 0.1) is 5.69 Å². The summed E-state index contributed by atoms with van der Waals surface area (Å²) in [7, 11) is 0. The Morgan fingerprint density at radius 2 is 2.10 bits per heavy atom. The van der Waals surface area contributed by atoms with Crippen LogP contribution in [0.25, 0.3) is 11.1 Å². The van der Waals surface area contributed by atoms with Crippen molar-refractivity contribution in [3.63, 3.8) is 0 Å². The number of carbonyl (C=O) groups is 1. The molecule has 3 rings (SSSR count). The molecule has 0 aliphatic heterocycles. The second-order valence-corrected chi connectivity index (χ2v) is 5.55. The predicted molar refractivity (Wildman–Crippen MR) is 79.9 cm³/mol. The van der Waals surface area contributed by atoms with Gasteiger partial charge < -0.3 is 15.5 Å². The van der Waals surface area contributed by atoms with Crippen LogP contribution < -0.4 is 16.8 Å². The molecule has 112 valence electrons. The molecule has 0 unspecified atom stereocenters. The largest absolute Gasteiger partial charge is 0.420 e. The van der Waals surface area contributed by atoms with Crippen molar-refractivity contribution in [3.05, 3.63) is 28.7 Å². The number of nitrogen functional groups attached to an aromatic ring is 1. The second-order valence-electron chi connectivity index (χ2n) is 5.55. The number of hydrogen-bond donors (Lipinski definition) is 2. The monoisotopic (exact) mass is 289 g/mol. The number of hydrogen-bond acceptors (Lipinski definition) is 4. The van der Waals surface area contributed by atoms with Crippen LogP contribution in [0.4, 0.5) is 5.69 Å². The number of nitrogens with zero attached hydrogens (tertiary/aromatic N) is 1. The molecular formula is C15H19N3O3. The molecule has 1 heterocycles. The van der Waals surface area contributed by atoms with E-state index in [0.717, 1.165) is 25.7 Å². The first-order chi connectivity index (χ1) is 10.1. The van der Waals surface area contributed by atoms with Crippen molar-refractivity contribution in [2.24, 2.45) is 0 Å². The lowest BCUT2D eigenvalue weighted by atomic mass is 9.95. The van der Waals surface area contributed by atoms with Gasteiger partial charge in [-0.05, 0) is 25.0 Å². The van der Waals surface area contributed by atoms with Crippen LogP contribution in [-0.2, 0) is 11.3 Å². The number of para-hydroxylation sites is 1. The molecule has 0 atom stereocenters. The van der Waals surface area contributed by atoms with E-state index in [1.54, 1.807) is 18.2 Å². The Labute approximate surface area is 121 Å². The smallest absolute Gasteiger partial charge is 0.408 e. The highest BCUT2D eigenvalue weighted by molar-refractivity contribution is 5.87. The van der Waals surface area contributed by atoms with Gasteiger partial charge in [-0.25, -0.2) is 4.79 Å². The predicted octanol–water partition coefficient (Wildman–Crippen LogP) is 1.63. The molecule has 1 aromatic carbocycles. The summed E-state index contributed by atoms with van der Waals surface area (Å²) in [6.45, 7) is -0.0590. The third-order valence-electron chi connectivity index (χ3n) is 3.99. The fraction of sp³-hybridized carbons (Fsp3) is 0.467. The molecule has 1 saturated carbocycles. The summed E-state index contributed by atoms with van der Waals surface area (Å²) in [6, 6.07) is 5.29. The van der Waals surface area contributed by atoms with Crippen LogP contribution in [0.3, 0.4) is 0 Å². The van der Waals surface area contributed by atoms with Crippen molar-refractivity contribution >= 4 is 22.7 Å². The van der Waals surface area contributed by atoms with Gasteiger partial charge in [0.15, 0.2) is 5.58 Å². The van der Waals surface area contributed by atoms with Crippen molar-refractivity contribution in [1.29, 1.82) is 0 Å². The summed E-state index contributed by atoms with van der Waals surface area (Å²) in [6.07, 6.45) is 5.54. The molecule has 0 radical (unpaired) electrons. The number of fused-ring (bicyclic) bond motifs is 1. The molecule has 6 nitrogen and oxygen atoms in total. The van der Waals surface area contributed by atoms with E-state index in [4.69, 9.17) is 10.2 Å². The fourth-order valence-corrected chi connectivity index (χ4v) is 2.96. The van der Waals surface area contributed by atoms with E-state index in [2.05, 4.69) is 5.32 Å². The topological polar surface area (TPSA) is 90.3 Å². The Morgan fingerprint density at radius 1 is 1.33 bits per heavy atom. The third-order valence-corrected chi connectivity index (χ3v) is 3.99. The zero-order valence-electron chi connectivity index (χ0n) is 11.8. The van der Waals surface area contributed by atoms with Gasteiger partial charge >= 0.3 is 5.76 Å². The number of nitrogens with one attached hydrogen (secondary N) is 1. The number of nitrogens with two attached hydrogens (primary N) is 1. The highest BCUT2D eigenvalue weighted by atomic mass is 16.4. The van der Waals surface area contributed by atoms with Crippen molar-refractivity contribution in [3.8, 4) is 0 Å². The highest BCUT2D eigenvalue weighted by Crippen LogP contribution is 2.20. The van der Waals surface area contributed by atoms with Crippen LogP contribution in [0.5, 0.6) is 0 Å². The van der Waals surface area contributed by atoms with Gasteiger partial charge in [0.2, 0.25) is 5.91 Å². The molecule has 1 aromatic heterocycles. The maximum atomic E-state index is 12.1. The van der Waals surface area contributed by atoms with Gasteiger partial charge in [0, 0.05) is 6.04 Å². The SMILES string of the molecule is Nc1cccc2oc(=O)n(CC(=O)NC3CCCCC3)c12. The molecular weight excluding hydrogens is 270 g/mol. The highest BCUT2D eigenvalue weighted by Gasteiger charge is 2.18. The number of oxazole rings is 1. The van der Waals surface area contributed by atoms with E-state index >= 15 is 0 Å². The first kappa shape index (κ1) is 13.7. The molecule has 21 heavy (non-hydrogen) atoms. The molecule has 1 aliphatic carbocycles. The summed E-state index contributed by atoms with van der Waals surface area (Å²) < 4.78 is 6.41. The van der Waals surface area contributed by atoms with Crippen molar-refractivity contribution in [2.45, 2.75) is 44.7 Å². The Bertz CT molecular complexity index is 711. The summed E-state index contributed by atoms with van der Waals surface area (Å²) in [5, 5.41) is 2.99. The molecule has 0 spiro atoms. The summed E-state index contributed by atoms with van der Waals surface area (Å²) >= 11 is 0. The number of aromatic nitrogens is 1. The first-order valence-corrected chi connectivity index (χ1v) is 7.32. The standard InChI is InChI=1S/C15H19N3O3/c16-11-7-4-8-12-14(11)18(15(20)21-12)9-13(19)17-10-5-2-1-3-6-10/h4,7-8,10H,1-3,5-6,9,16H2,(H,17,19). The maximum absolute atomic E-state index is 12.1. The lowest BCUT2D eigenvalue weighted by molar-refractivity contribution is -0.122. The quantitative estimate of drug-likeness (QED) is 0.840. The van der Waals surface area contributed by atoms with E-state index < -0.39 is 5.76 Å². The van der Waals surface area contributed by atoms with E-state index in [1.807, 2.05) is 0 Å². The van der Waals surface area contributed by atoms with Gasteiger partial charge in [-0.15, -0.1) is 0 Å². The Hall–Kier alpha value is -2.24. The van der Waals surface area contributed by atoms with E-state index in [9.17, 15) is 9.59 Å². The second kappa shape index (κ2) is 5.63. The average molecular weight is 289 g/mol. The van der Waals surface area contributed by atoms with Crippen molar-refractivity contribution in [2.75, 3.05) is 5.73 Å². The number of benzene rings is 1. The Balaban J connectivity index is 1.79. The van der Waals surface area contributed by atoms with Gasteiger partial charge in [-0.1, -0.05) is 25.3 Å². The van der Waals surface area contributed by atoms with Gasteiger partial charge in [-0.2, -0.15) is 0 Å². The van der Waals surface area contributed by atoms with E-state index in [-0.39, 0.29) is 18.5 Å². The average Bonchev–Trinajstić information content (AvgIpc) is 2.77. The van der Waals surface area contributed by atoms with Crippen LogP contribution in [-0.4, -0.2) is 16.5 Å². The number of rotatable bonds is 3. The number of carbonyl (C=O) groups excluding carboxylic acids is 1. The number of amides is 1. The molecule has 1 amide bonds. The van der Waals surface area contributed by atoms with Crippen LogP contribution in [0, 0.1) is 0 Å². The van der Waals surface area contributed by atoms with Gasteiger partial charge in [-0.3, -0.25) is 9.36 Å². The van der Waals surface area contributed by atoms with Crippen LogP contribution in [0.2, 0.25) is 0 Å². The molecule has 1 fully saturated rings. The van der Waals surface area contributed by atoms with E-state index in [1.165, 1.54) is 11.0 Å². The Kier molecular flexibility index (Phi) is 3.68. The summed E-state index contributed by atoms with van der Waals surface area (Å²) in [5.41, 5.74) is 7.21. The summed E-state index contributed by atoms with van der Waals surface area (Å²) in [4.78, 5) is 24.0. The van der Waals surface area contributed by atoms with Crippen molar-refractivity contribution < 1.29 is 9.21 Å². The number of anilines is 1. The molecule has 3 N–H and O–H groups in total. The van der Waals surface area contributed by atoms with Gasteiger partial charge in [0.25, 0.3) is 0 Å². The van der Waals surface area contributed by atoms with E-state index in [0.29, 0.717) is 16.8 Å². The van der Waals surface area contributed by atoms with Crippen LogP contribution in [0.15, 0.2) is 27.4 Å². The molecule has 1 aliphatic rings. The maximum Gasteiger partial charge on any atom is 0.420 e. The molecule has 2 aromatic rings. The molecule has 0 bridgehead atoms. The first-order valence-electron chi connectivity index (χ1n) is 7.32. The lowest BCUT2D eigenvalue weighted by Gasteiger charge is -2.22. The minimum Gasteiger partial charge on any atom is -0.408 e. The fourth-order valence-electron chi connectivity index (χ4n) is 2.96. The Morgan fingerprint density at radius 3 is 2.86 bits per heavy atom. The molecule has 0 saturated heterocycles. The molecule has 6 heteroatoms. The van der Waals surface area contributed by atoms with Crippen LogP contribution in [0.1, 0.15) is 32.1 Å².